The third-order valence-electron chi connectivity index (χ3n) is 7.02. The number of nitro benzene ring substituents is 1. The zero-order valence-electron chi connectivity index (χ0n) is 21.3. The number of ether oxygens (including phenoxy) is 2. The van der Waals surface area contributed by atoms with E-state index in [1.54, 1.807) is 23.1 Å². The van der Waals surface area contributed by atoms with Crippen molar-refractivity contribution in [2.24, 2.45) is 5.10 Å². The van der Waals surface area contributed by atoms with Gasteiger partial charge in [0, 0.05) is 30.6 Å². The molecular formula is C27H28BrN5O6. The molecule has 0 atom stereocenters. The molecule has 1 saturated carbocycles. The van der Waals surface area contributed by atoms with E-state index < -0.39 is 4.92 Å². The fourth-order valence-electron chi connectivity index (χ4n) is 4.99. The summed E-state index contributed by atoms with van der Waals surface area (Å²) in [6.07, 6.45) is 6.53. The number of carbonyl (C=O) groups is 1. The molecule has 1 aliphatic heterocycles. The molecule has 0 radical (unpaired) electrons. The second kappa shape index (κ2) is 12.0. The third kappa shape index (κ3) is 6.01. The number of fused-ring (bicyclic) bond motifs is 1. The number of halogens is 1. The second-order valence-electron chi connectivity index (χ2n) is 9.57. The molecule has 2 aromatic carbocycles. The number of nitro groups is 1. The van der Waals surface area contributed by atoms with Gasteiger partial charge in [0.2, 0.25) is 5.75 Å². The predicted molar refractivity (Wildman–Crippen MR) is 149 cm³/mol. The van der Waals surface area contributed by atoms with Gasteiger partial charge in [-0.2, -0.15) is 9.78 Å². The van der Waals surface area contributed by atoms with Crippen molar-refractivity contribution in [3.05, 3.63) is 72.7 Å². The highest BCUT2D eigenvalue weighted by molar-refractivity contribution is 9.10. The molecule has 3 aromatic rings. The Labute approximate surface area is 232 Å². The van der Waals surface area contributed by atoms with E-state index in [4.69, 9.17) is 14.5 Å². The topological polar surface area (TPSA) is 129 Å². The van der Waals surface area contributed by atoms with Crippen molar-refractivity contribution >= 4 is 44.6 Å². The summed E-state index contributed by atoms with van der Waals surface area (Å²) in [5, 5.41) is 16.8. The maximum absolute atomic E-state index is 13.4. The molecule has 1 aliphatic carbocycles. The molecule has 0 unspecified atom stereocenters. The Bertz CT molecular complexity index is 1480. The Kier molecular flexibility index (Phi) is 8.32. The van der Waals surface area contributed by atoms with Crippen molar-refractivity contribution in [3.8, 4) is 5.75 Å². The lowest BCUT2D eigenvalue weighted by Crippen LogP contribution is -2.43. The van der Waals surface area contributed by atoms with Gasteiger partial charge in [0.25, 0.3) is 11.5 Å². The molecule has 1 amide bonds. The maximum atomic E-state index is 13.4. The van der Waals surface area contributed by atoms with Crippen LogP contribution in [0.4, 0.5) is 5.69 Å². The Morgan fingerprint density at radius 1 is 1.21 bits per heavy atom. The summed E-state index contributed by atoms with van der Waals surface area (Å²) < 4.78 is 12.5. The maximum Gasteiger partial charge on any atom is 0.312 e. The first-order chi connectivity index (χ1) is 18.9. The van der Waals surface area contributed by atoms with Crippen molar-refractivity contribution in [1.82, 2.24) is 14.6 Å². The van der Waals surface area contributed by atoms with Crippen LogP contribution in [-0.4, -0.2) is 64.5 Å². The summed E-state index contributed by atoms with van der Waals surface area (Å²) in [6, 6.07) is 10.1. The first-order valence-electron chi connectivity index (χ1n) is 12.9. The van der Waals surface area contributed by atoms with Gasteiger partial charge in [0.15, 0.2) is 6.61 Å². The normalized spacial score (nSPS) is 16.6. The van der Waals surface area contributed by atoms with Crippen LogP contribution in [0, 0.1) is 10.1 Å². The van der Waals surface area contributed by atoms with Gasteiger partial charge in [-0.25, -0.2) is 4.98 Å². The molecule has 1 aromatic heterocycles. The van der Waals surface area contributed by atoms with Gasteiger partial charge >= 0.3 is 5.69 Å². The fourth-order valence-corrected chi connectivity index (χ4v) is 5.57. The lowest BCUT2D eigenvalue weighted by atomic mass is 9.88. The van der Waals surface area contributed by atoms with Crippen LogP contribution in [0.5, 0.6) is 5.75 Å². The summed E-state index contributed by atoms with van der Waals surface area (Å²) >= 11 is 3.35. The Hall–Kier alpha value is -3.64. The van der Waals surface area contributed by atoms with Crippen molar-refractivity contribution in [1.29, 1.82) is 0 Å². The van der Waals surface area contributed by atoms with Crippen molar-refractivity contribution in [2.75, 3.05) is 32.9 Å². The van der Waals surface area contributed by atoms with Crippen molar-refractivity contribution in [3.63, 3.8) is 0 Å². The van der Waals surface area contributed by atoms with Gasteiger partial charge in [-0.05, 0) is 47.0 Å². The monoisotopic (exact) mass is 597 g/mol. The first-order valence-corrected chi connectivity index (χ1v) is 13.7. The van der Waals surface area contributed by atoms with Gasteiger partial charge in [-0.3, -0.25) is 19.7 Å². The lowest BCUT2D eigenvalue weighted by Gasteiger charge is -2.26. The standard InChI is InChI=1S/C27H28BrN5O6/c28-21-14-18(15-23(33(36)37)25(21)39-17-24(34)31-10-12-38-13-11-31)16-29-32-26(19-6-2-1-3-7-19)30-22-9-5-4-8-20(22)27(32)35/h4-5,8-9,14-16,19H,1-3,6-7,10-13,17H2. The van der Waals surface area contributed by atoms with Crippen molar-refractivity contribution in [2.45, 2.75) is 38.0 Å². The molecule has 12 heteroatoms. The molecule has 2 heterocycles. The smallest absolute Gasteiger partial charge is 0.312 e. The number of amides is 1. The van der Waals surface area contributed by atoms with E-state index >= 15 is 0 Å². The molecule has 2 fully saturated rings. The quantitative estimate of drug-likeness (QED) is 0.226. The zero-order valence-corrected chi connectivity index (χ0v) is 22.8. The zero-order chi connectivity index (χ0) is 27.4. The highest BCUT2D eigenvalue weighted by Gasteiger charge is 2.25. The summed E-state index contributed by atoms with van der Waals surface area (Å²) in [6.45, 7) is 1.46. The highest BCUT2D eigenvalue weighted by atomic mass is 79.9. The van der Waals surface area contributed by atoms with Crippen LogP contribution >= 0.6 is 15.9 Å². The molecule has 204 valence electrons. The van der Waals surface area contributed by atoms with Gasteiger partial charge < -0.3 is 14.4 Å². The van der Waals surface area contributed by atoms with Crippen molar-refractivity contribution < 1.29 is 19.2 Å². The van der Waals surface area contributed by atoms with E-state index in [0.717, 1.165) is 32.1 Å². The number of hydrogen-bond acceptors (Lipinski definition) is 8. The number of rotatable bonds is 7. The largest absolute Gasteiger partial charge is 0.476 e. The Morgan fingerprint density at radius 2 is 1.95 bits per heavy atom. The second-order valence-corrected chi connectivity index (χ2v) is 10.4. The Balaban J connectivity index is 1.45. The molecule has 5 rings (SSSR count). The van der Waals surface area contributed by atoms with Crippen LogP contribution in [0.1, 0.15) is 49.4 Å². The van der Waals surface area contributed by atoms with Gasteiger partial charge in [-0.1, -0.05) is 31.4 Å². The molecular weight excluding hydrogens is 570 g/mol. The van der Waals surface area contributed by atoms with E-state index in [1.165, 1.54) is 17.0 Å². The van der Waals surface area contributed by atoms with Gasteiger partial charge in [0.05, 0.1) is 39.7 Å². The number of hydrogen-bond donors (Lipinski definition) is 0. The van der Waals surface area contributed by atoms with E-state index in [0.29, 0.717) is 53.1 Å². The summed E-state index contributed by atoms with van der Waals surface area (Å²) in [7, 11) is 0. The first kappa shape index (κ1) is 26.9. The summed E-state index contributed by atoms with van der Waals surface area (Å²) in [5.74, 6) is 0.383. The van der Waals surface area contributed by atoms with E-state index in [2.05, 4.69) is 21.0 Å². The average Bonchev–Trinajstić information content (AvgIpc) is 2.96. The number of nitrogens with zero attached hydrogens (tertiary/aromatic N) is 5. The molecule has 1 saturated heterocycles. The SMILES string of the molecule is O=C(COc1c(Br)cc(C=Nn2c(C3CCCCC3)nc3ccccc3c2=O)cc1[N+](=O)[O-])N1CCOCC1. The van der Waals surface area contributed by atoms with Gasteiger partial charge in [-0.15, -0.1) is 0 Å². The lowest BCUT2D eigenvalue weighted by molar-refractivity contribution is -0.385. The minimum absolute atomic E-state index is 0.0498. The molecule has 2 aliphatic rings. The van der Waals surface area contributed by atoms with Crippen LogP contribution < -0.4 is 10.3 Å². The van der Waals surface area contributed by atoms with Crippen LogP contribution in [0.2, 0.25) is 0 Å². The number of para-hydroxylation sites is 1. The van der Waals surface area contributed by atoms with E-state index in [9.17, 15) is 19.7 Å². The number of carbonyl (C=O) groups excluding carboxylic acids is 1. The van der Waals surface area contributed by atoms with E-state index in [-0.39, 0.29) is 35.4 Å². The molecule has 11 nitrogen and oxygen atoms in total. The molecule has 0 spiro atoms. The van der Waals surface area contributed by atoms with Crippen LogP contribution in [0.25, 0.3) is 10.9 Å². The predicted octanol–water partition coefficient (Wildman–Crippen LogP) is 4.23. The number of benzene rings is 2. The highest BCUT2D eigenvalue weighted by Crippen LogP contribution is 2.36. The number of morpholine rings is 1. The third-order valence-corrected chi connectivity index (χ3v) is 7.61. The summed E-state index contributed by atoms with van der Waals surface area (Å²) in [4.78, 5) is 43.6. The van der Waals surface area contributed by atoms with Gasteiger partial charge in [0.1, 0.15) is 5.82 Å². The van der Waals surface area contributed by atoms with Crippen LogP contribution in [-0.2, 0) is 9.53 Å². The minimum Gasteiger partial charge on any atom is -0.476 e. The fraction of sp³-hybridized carbons (Fsp3) is 0.407. The average molecular weight is 598 g/mol. The minimum atomic E-state index is -0.576. The number of aromatic nitrogens is 2. The van der Waals surface area contributed by atoms with Crippen LogP contribution in [0.3, 0.4) is 0 Å². The van der Waals surface area contributed by atoms with Crippen LogP contribution in [0.15, 0.2) is 50.8 Å². The molecule has 0 bridgehead atoms. The summed E-state index contributed by atoms with van der Waals surface area (Å²) in [5.41, 5.74) is 0.403. The molecule has 0 N–H and O–H groups in total. The Morgan fingerprint density at radius 3 is 2.69 bits per heavy atom. The van der Waals surface area contributed by atoms with E-state index in [1.807, 2.05) is 12.1 Å². The molecule has 39 heavy (non-hydrogen) atoms.